The van der Waals surface area contributed by atoms with Gasteiger partial charge in [0.1, 0.15) is 23.5 Å². The summed E-state index contributed by atoms with van der Waals surface area (Å²) < 4.78 is 24.5. The predicted molar refractivity (Wildman–Crippen MR) is 130 cm³/mol. The molecule has 1 unspecified atom stereocenters. The Bertz CT molecular complexity index is 1710. The highest BCUT2D eigenvalue weighted by atomic mass is 19.1. The van der Waals surface area contributed by atoms with Gasteiger partial charge in [-0.15, -0.1) is 0 Å². The molecule has 8 heteroatoms. The van der Waals surface area contributed by atoms with Gasteiger partial charge in [-0.3, -0.25) is 9.13 Å². The van der Waals surface area contributed by atoms with E-state index in [9.17, 15) is 4.39 Å². The lowest BCUT2D eigenvalue weighted by molar-refractivity contribution is 0.0822. The van der Waals surface area contributed by atoms with Gasteiger partial charge in [-0.2, -0.15) is 4.98 Å². The zero-order chi connectivity index (χ0) is 23.4. The van der Waals surface area contributed by atoms with Gasteiger partial charge >= 0.3 is 0 Å². The fraction of sp³-hybridized carbons (Fsp3) is 0.111. The summed E-state index contributed by atoms with van der Waals surface area (Å²) in [7, 11) is 0. The summed E-state index contributed by atoms with van der Waals surface area (Å²) in [4.78, 5) is 18.9. The molecule has 170 valence electrons. The molecule has 0 saturated carbocycles. The minimum Gasteiger partial charge on any atom is -0.374 e. The zero-order valence-electron chi connectivity index (χ0n) is 18.5. The van der Waals surface area contributed by atoms with Crippen molar-refractivity contribution in [2.24, 2.45) is 0 Å². The highest BCUT2D eigenvalue weighted by molar-refractivity contribution is 5.79. The fourth-order valence-electron chi connectivity index (χ4n) is 4.82. The van der Waals surface area contributed by atoms with E-state index in [1.54, 1.807) is 18.6 Å². The van der Waals surface area contributed by atoms with Crippen LogP contribution in [0.2, 0.25) is 0 Å². The largest absolute Gasteiger partial charge is 0.374 e. The molecule has 7 nitrogen and oxygen atoms in total. The quantitative estimate of drug-likeness (QED) is 0.366. The maximum atomic E-state index is 14.7. The third kappa shape index (κ3) is 3.14. The number of imidazole rings is 2. The molecule has 4 heterocycles. The topological polar surface area (TPSA) is 70.7 Å². The standard InChI is InChI=1S/C27H19FN6O/c28-20-10-6-9-18-19(20)14-35-15-24(18)34-25(17-7-2-1-3-8-17)31-22-13-29-27(32-26(22)34)33-16-30-21-11-4-5-12-23(21)33/h1-13,16,24H,14-15H2. The minimum absolute atomic E-state index is 0.243. The first-order valence-electron chi connectivity index (χ1n) is 11.4. The molecule has 0 amide bonds. The predicted octanol–water partition coefficient (Wildman–Crippen LogP) is 5.09. The Morgan fingerprint density at radius 1 is 0.857 bits per heavy atom. The van der Waals surface area contributed by atoms with Crippen molar-refractivity contribution in [1.29, 1.82) is 0 Å². The summed E-state index contributed by atoms with van der Waals surface area (Å²) in [5, 5.41) is 0. The third-order valence-electron chi connectivity index (χ3n) is 6.47. The van der Waals surface area contributed by atoms with E-state index in [0.717, 1.165) is 28.0 Å². The molecule has 3 aromatic heterocycles. The van der Waals surface area contributed by atoms with E-state index in [2.05, 4.69) is 9.97 Å². The van der Waals surface area contributed by atoms with Crippen molar-refractivity contribution in [2.75, 3.05) is 6.61 Å². The highest BCUT2D eigenvalue weighted by Crippen LogP contribution is 2.36. The van der Waals surface area contributed by atoms with Gasteiger partial charge < -0.3 is 4.74 Å². The molecule has 0 spiro atoms. The summed E-state index contributed by atoms with van der Waals surface area (Å²) in [5.74, 6) is 0.953. The van der Waals surface area contributed by atoms with Crippen LogP contribution in [0.15, 0.2) is 85.3 Å². The first-order valence-corrected chi connectivity index (χ1v) is 11.4. The Morgan fingerprint density at radius 2 is 1.71 bits per heavy atom. The van der Waals surface area contributed by atoms with Crippen molar-refractivity contribution in [3.63, 3.8) is 0 Å². The fourth-order valence-corrected chi connectivity index (χ4v) is 4.82. The van der Waals surface area contributed by atoms with Crippen LogP contribution in [0.1, 0.15) is 17.2 Å². The van der Waals surface area contributed by atoms with E-state index < -0.39 is 0 Å². The van der Waals surface area contributed by atoms with Gasteiger partial charge in [-0.25, -0.2) is 19.3 Å². The average molecular weight is 462 g/mol. The maximum Gasteiger partial charge on any atom is 0.237 e. The number of nitrogens with zero attached hydrogens (tertiary/aromatic N) is 6. The van der Waals surface area contributed by atoms with Gasteiger partial charge in [0.05, 0.1) is 36.5 Å². The molecular formula is C27H19FN6O. The van der Waals surface area contributed by atoms with Crippen molar-refractivity contribution < 1.29 is 9.13 Å². The smallest absolute Gasteiger partial charge is 0.237 e. The van der Waals surface area contributed by atoms with E-state index >= 15 is 0 Å². The molecule has 6 aromatic rings. The summed E-state index contributed by atoms with van der Waals surface area (Å²) in [6.07, 6.45) is 3.45. The lowest BCUT2D eigenvalue weighted by Crippen LogP contribution is -2.25. The van der Waals surface area contributed by atoms with Crippen molar-refractivity contribution in [1.82, 2.24) is 29.1 Å². The number of para-hydroxylation sites is 2. The molecule has 1 atom stereocenters. The van der Waals surface area contributed by atoms with Crippen LogP contribution in [0.5, 0.6) is 0 Å². The molecule has 0 fully saturated rings. The molecule has 0 aliphatic carbocycles. The van der Waals surface area contributed by atoms with Crippen LogP contribution in [0.3, 0.4) is 0 Å². The summed E-state index contributed by atoms with van der Waals surface area (Å²) in [6, 6.07) is 22.6. The van der Waals surface area contributed by atoms with E-state index in [4.69, 9.17) is 14.7 Å². The van der Waals surface area contributed by atoms with Gasteiger partial charge in [0.2, 0.25) is 5.95 Å². The number of benzene rings is 3. The Morgan fingerprint density at radius 3 is 2.63 bits per heavy atom. The maximum absolute atomic E-state index is 14.7. The SMILES string of the molecule is Fc1cccc2c1COCC2n1c(-c2ccccc2)nc2cnc(-n3cnc4ccccc43)nc21. The molecule has 1 aliphatic rings. The molecule has 7 rings (SSSR count). The van der Waals surface area contributed by atoms with Crippen LogP contribution in [0.25, 0.3) is 39.5 Å². The Labute approximate surface area is 199 Å². The number of halogens is 1. The third-order valence-corrected chi connectivity index (χ3v) is 6.47. The monoisotopic (exact) mass is 462 g/mol. The van der Waals surface area contributed by atoms with E-state index in [1.807, 2.05) is 69.8 Å². The van der Waals surface area contributed by atoms with Crippen molar-refractivity contribution >= 4 is 22.2 Å². The van der Waals surface area contributed by atoms with Gasteiger partial charge in [-0.05, 0) is 23.8 Å². The number of fused-ring (bicyclic) bond motifs is 3. The van der Waals surface area contributed by atoms with E-state index in [0.29, 0.717) is 29.3 Å². The number of ether oxygens (including phenoxy) is 1. The minimum atomic E-state index is -0.295. The van der Waals surface area contributed by atoms with Crippen LogP contribution in [-0.2, 0) is 11.3 Å². The molecule has 0 saturated heterocycles. The number of rotatable bonds is 3. The Hall–Kier alpha value is -4.43. The number of hydrogen-bond acceptors (Lipinski definition) is 5. The van der Waals surface area contributed by atoms with Gasteiger partial charge in [0, 0.05) is 11.1 Å². The van der Waals surface area contributed by atoms with Crippen LogP contribution in [0, 0.1) is 5.82 Å². The highest BCUT2D eigenvalue weighted by Gasteiger charge is 2.29. The number of hydrogen-bond donors (Lipinski definition) is 0. The Balaban J connectivity index is 1.50. The van der Waals surface area contributed by atoms with Crippen molar-refractivity contribution in [3.05, 3.63) is 102 Å². The van der Waals surface area contributed by atoms with Crippen LogP contribution < -0.4 is 0 Å². The van der Waals surface area contributed by atoms with Crippen molar-refractivity contribution in [3.8, 4) is 17.3 Å². The molecule has 0 radical (unpaired) electrons. The van der Waals surface area contributed by atoms with Crippen LogP contribution in [0.4, 0.5) is 4.39 Å². The first kappa shape index (κ1) is 20.0. The van der Waals surface area contributed by atoms with Gasteiger partial charge in [-0.1, -0.05) is 54.6 Å². The normalized spacial score (nSPS) is 15.5. The molecule has 1 aliphatic heterocycles. The molecule has 0 bridgehead atoms. The second-order valence-corrected chi connectivity index (χ2v) is 8.49. The molecule has 0 N–H and O–H groups in total. The first-order chi connectivity index (χ1) is 17.3. The van der Waals surface area contributed by atoms with Gasteiger partial charge in [0.25, 0.3) is 0 Å². The van der Waals surface area contributed by atoms with E-state index in [1.165, 1.54) is 6.07 Å². The van der Waals surface area contributed by atoms with E-state index in [-0.39, 0.29) is 18.5 Å². The summed E-state index contributed by atoms with van der Waals surface area (Å²) in [5.41, 5.74) is 5.45. The summed E-state index contributed by atoms with van der Waals surface area (Å²) in [6.45, 7) is 0.627. The van der Waals surface area contributed by atoms with Crippen LogP contribution in [-0.4, -0.2) is 35.7 Å². The van der Waals surface area contributed by atoms with Crippen molar-refractivity contribution in [2.45, 2.75) is 12.6 Å². The second kappa shape index (κ2) is 7.82. The average Bonchev–Trinajstić information content (AvgIpc) is 3.51. The van der Waals surface area contributed by atoms with Crippen LogP contribution >= 0.6 is 0 Å². The molecular weight excluding hydrogens is 443 g/mol. The lowest BCUT2D eigenvalue weighted by Gasteiger charge is -2.28. The zero-order valence-corrected chi connectivity index (χ0v) is 18.5. The molecule has 35 heavy (non-hydrogen) atoms. The number of aromatic nitrogens is 6. The lowest BCUT2D eigenvalue weighted by atomic mass is 9.98. The summed E-state index contributed by atoms with van der Waals surface area (Å²) >= 11 is 0. The molecule has 3 aromatic carbocycles. The van der Waals surface area contributed by atoms with Gasteiger partial charge in [0.15, 0.2) is 5.65 Å². The Kier molecular flexibility index (Phi) is 4.46. The second-order valence-electron chi connectivity index (χ2n) is 8.49.